The second-order valence-electron chi connectivity index (χ2n) is 16.0. The molecule has 13 rings (SSSR count). The molecule has 4 aromatic heterocycles. The number of aromatic nitrogens is 5. The van der Waals surface area contributed by atoms with Crippen LogP contribution in [0, 0.1) is 18.5 Å². The number of para-hydroxylation sites is 7. The van der Waals surface area contributed by atoms with E-state index in [4.69, 9.17) is 9.72 Å². The molecule has 7 heteroatoms. The van der Waals surface area contributed by atoms with Gasteiger partial charge in [0.25, 0.3) is 6.33 Å². The van der Waals surface area contributed by atoms with Crippen molar-refractivity contribution >= 4 is 65.4 Å². The third kappa shape index (κ3) is 6.21. The number of hydrogen-bond donors (Lipinski definition) is 0. The maximum absolute atomic E-state index is 6.54. The van der Waals surface area contributed by atoms with E-state index in [1.807, 2.05) is 60.8 Å². The van der Waals surface area contributed by atoms with Crippen molar-refractivity contribution in [3.05, 3.63) is 231 Å². The fourth-order valence-corrected chi connectivity index (χ4v) is 9.60. The van der Waals surface area contributed by atoms with Gasteiger partial charge in [-0.05, 0) is 64.6 Å². The normalized spacial score (nSPS) is 11.6. The summed E-state index contributed by atoms with van der Waals surface area (Å²) < 4.78 is 15.7. The van der Waals surface area contributed by atoms with Crippen molar-refractivity contribution in [3.63, 3.8) is 0 Å². The summed E-state index contributed by atoms with van der Waals surface area (Å²) in [5, 5.41) is 6.99. The van der Waals surface area contributed by atoms with E-state index in [0.717, 1.165) is 77.9 Å². The number of nitrogens with zero attached hydrogens (tertiary/aromatic N) is 5. The van der Waals surface area contributed by atoms with Crippen LogP contribution in [-0.4, -0.2) is 18.7 Å². The molecule has 0 amide bonds. The van der Waals surface area contributed by atoms with Gasteiger partial charge in [0.1, 0.15) is 5.69 Å². The van der Waals surface area contributed by atoms with Crippen molar-refractivity contribution in [1.82, 2.24) is 18.7 Å². The Morgan fingerprint density at radius 2 is 0.923 bits per heavy atom. The topological polar surface area (TPSA) is 40.8 Å². The Bertz CT molecular complexity index is 3730. The molecule has 0 unspecified atom stereocenters. The molecule has 0 saturated heterocycles. The van der Waals surface area contributed by atoms with Gasteiger partial charge in [-0.1, -0.05) is 133 Å². The van der Waals surface area contributed by atoms with Gasteiger partial charge in [0.05, 0.1) is 44.5 Å². The fraction of sp³-hybridized carbons (Fsp3) is 0. The first-order valence-electron chi connectivity index (χ1n) is 21.4. The van der Waals surface area contributed by atoms with Gasteiger partial charge < -0.3 is 23.4 Å². The van der Waals surface area contributed by atoms with Crippen LogP contribution in [0.3, 0.4) is 0 Å². The molecule has 6 nitrogen and oxygen atoms in total. The summed E-state index contributed by atoms with van der Waals surface area (Å²) in [7, 11) is 0. The number of rotatable bonds is 7. The first-order valence-corrected chi connectivity index (χ1v) is 21.4. The number of ether oxygens (including phenoxy) is 1. The SMILES string of the molecule is [Pt].[c-]1c(Oc2[c-]c(-n3[c-][n+](-c4c(-n5c6ccccc6c6ccccc65)cccc4-n4c5ccccc5c5ccccc54)c4ccccc43)ccc2)cccc1-c1nccc2ccccc12. The maximum Gasteiger partial charge on any atom is 0.268 e. The molecule has 9 aromatic carbocycles. The Morgan fingerprint density at radius 3 is 1.54 bits per heavy atom. The van der Waals surface area contributed by atoms with E-state index in [1.165, 1.54) is 21.5 Å². The van der Waals surface area contributed by atoms with Crippen LogP contribution < -0.4 is 9.30 Å². The molecular weight excluding hydrogens is 978 g/mol. The van der Waals surface area contributed by atoms with Crippen LogP contribution in [-0.2, 0) is 21.1 Å². The summed E-state index contributed by atoms with van der Waals surface area (Å²) in [5.74, 6) is 1.14. The van der Waals surface area contributed by atoms with Crippen molar-refractivity contribution in [1.29, 1.82) is 0 Å². The molecule has 13 aromatic rings. The van der Waals surface area contributed by atoms with Crippen molar-refractivity contribution in [2.75, 3.05) is 0 Å². The average molecular weight is 1010 g/mol. The maximum atomic E-state index is 6.54. The van der Waals surface area contributed by atoms with Crippen LogP contribution in [0.4, 0.5) is 0 Å². The first-order chi connectivity index (χ1) is 31.8. The van der Waals surface area contributed by atoms with Crippen molar-refractivity contribution in [2.45, 2.75) is 0 Å². The summed E-state index contributed by atoms with van der Waals surface area (Å²) in [5.41, 5.74) is 12.0. The van der Waals surface area contributed by atoms with Gasteiger partial charge in [-0.2, -0.15) is 12.1 Å². The second kappa shape index (κ2) is 15.6. The summed E-state index contributed by atoms with van der Waals surface area (Å²) in [4.78, 5) is 4.73. The summed E-state index contributed by atoms with van der Waals surface area (Å²) in [6, 6.07) is 79.1. The van der Waals surface area contributed by atoms with Crippen LogP contribution in [0.5, 0.6) is 11.5 Å². The number of imidazole rings is 1. The summed E-state index contributed by atoms with van der Waals surface area (Å²) in [6.07, 6.45) is 5.70. The molecule has 0 bridgehead atoms. The van der Waals surface area contributed by atoms with Crippen molar-refractivity contribution < 1.29 is 30.4 Å². The molecule has 0 aliphatic rings. The molecule has 0 atom stereocenters. The Hall–Kier alpha value is -8.05. The molecule has 0 aliphatic heterocycles. The minimum absolute atomic E-state index is 0. The Morgan fingerprint density at radius 1 is 0.431 bits per heavy atom. The van der Waals surface area contributed by atoms with Gasteiger partial charge in [-0.3, -0.25) is 4.57 Å². The van der Waals surface area contributed by atoms with E-state index in [-0.39, 0.29) is 21.1 Å². The quantitative estimate of drug-likeness (QED) is 0.118. The number of pyridine rings is 1. The van der Waals surface area contributed by atoms with E-state index in [0.29, 0.717) is 11.5 Å². The predicted molar refractivity (Wildman–Crippen MR) is 257 cm³/mol. The van der Waals surface area contributed by atoms with Crippen LogP contribution in [0.1, 0.15) is 0 Å². The zero-order valence-corrected chi connectivity index (χ0v) is 36.9. The summed E-state index contributed by atoms with van der Waals surface area (Å²) in [6.45, 7) is 0. The Kier molecular flexibility index (Phi) is 9.29. The molecule has 65 heavy (non-hydrogen) atoms. The predicted octanol–water partition coefficient (Wildman–Crippen LogP) is 13.5. The van der Waals surface area contributed by atoms with Crippen LogP contribution in [0.2, 0.25) is 0 Å². The third-order valence-electron chi connectivity index (χ3n) is 12.3. The standard InChI is InChI=1S/C58H35N5O.Pt/c1-2-21-44-39(16-1)34-35-59-57(44)40-17-13-19-42(36-40)64-43-20-14-18-41(37-43)60-38-61(54-31-12-11-30-53(54)60)58-55(62-49-26-7-3-22-45(49)46-23-4-8-27-50(46)62)32-15-33-56(58)63-51-28-9-5-24-47(51)48-25-6-10-29-52(48)63;/h1-35H;/q-2;. The number of hydrogen-bond acceptors (Lipinski definition) is 2. The van der Waals surface area contributed by atoms with Crippen molar-refractivity contribution in [2.24, 2.45) is 0 Å². The Labute approximate surface area is 388 Å². The molecule has 0 fully saturated rings. The van der Waals surface area contributed by atoms with Gasteiger partial charge in [0, 0.05) is 60.3 Å². The van der Waals surface area contributed by atoms with Crippen molar-refractivity contribution in [3.8, 4) is 45.5 Å². The van der Waals surface area contributed by atoms with E-state index in [1.54, 1.807) is 0 Å². The fourth-order valence-electron chi connectivity index (χ4n) is 9.60. The third-order valence-corrected chi connectivity index (χ3v) is 12.3. The minimum Gasteiger partial charge on any atom is -0.503 e. The first kappa shape index (κ1) is 38.6. The van der Waals surface area contributed by atoms with Crippen LogP contribution in [0.15, 0.2) is 212 Å². The van der Waals surface area contributed by atoms with Crippen LogP contribution >= 0.6 is 0 Å². The molecule has 4 heterocycles. The molecule has 0 N–H and O–H groups in total. The van der Waals surface area contributed by atoms with Gasteiger partial charge in [0.2, 0.25) is 0 Å². The van der Waals surface area contributed by atoms with E-state index in [2.05, 4.69) is 188 Å². The number of benzene rings is 9. The van der Waals surface area contributed by atoms with Gasteiger partial charge in [0.15, 0.2) is 0 Å². The zero-order valence-electron chi connectivity index (χ0n) is 34.7. The zero-order chi connectivity index (χ0) is 42.1. The van der Waals surface area contributed by atoms with Gasteiger partial charge in [-0.25, -0.2) is 0 Å². The molecule has 0 radical (unpaired) electrons. The van der Waals surface area contributed by atoms with E-state index < -0.39 is 0 Å². The van der Waals surface area contributed by atoms with Gasteiger partial charge >= 0.3 is 0 Å². The Balaban J connectivity index is 0.00000444. The minimum atomic E-state index is 0. The largest absolute Gasteiger partial charge is 0.503 e. The smallest absolute Gasteiger partial charge is 0.268 e. The molecule has 0 saturated carbocycles. The van der Waals surface area contributed by atoms with E-state index in [9.17, 15) is 0 Å². The molecular formula is C58H35N5OPt-2. The summed E-state index contributed by atoms with van der Waals surface area (Å²) >= 11 is 0. The average Bonchev–Trinajstić information content (AvgIpc) is 4.02. The van der Waals surface area contributed by atoms with E-state index >= 15 is 0 Å². The second-order valence-corrected chi connectivity index (χ2v) is 16.0. The van der Waals surface area contributed by atoms with Gasteiger partial charge in [-0.15, -0.1) is 35.9 Å². The number of fused-ring (bicyclic) bond motifs is 8. The molecule has 0 spiro atoms. The van der Waals surface area contributed by atoms with Crippen LogP contribution in [0.25, 0.3) is 99.4 Å². The molecule has 0 aliphatic carbocycles. The molecule has 310 valence electrons. The monoisotopic (exact) mass is 1010 g/mol.